The molecule has 3 rings (SSSR count). The van der Waals surface area contributed by atoms with E-state index in [0.29, 0.717) is 6.54 Å². The summed E-state index contributed by atoms with van der Waals surface area (Å²) < 4.78 is 0. The smallest absolute Gasteiger partial charge is 0.244 e. The van der Waals surface area contributed by atoms with Gasteiger partial charge in [0.05, 0.1) is 0 Å². The van der Waals surface area contributed by atoms with Gasteiger partial charge in [0.15, 0.2) is 0 Å². The molecule has 0 atom stereocenters. The molecule has 1 heterocycles. The maximum Gasteiger partial charge on any atom is 0.244 e. The molecule has 3 aromatic rings. The van der Waals surface area contributed by atoms with E-state index in [1.54, 1.807) is 18.5 Å². The fourth-order valence-electron chi connectivity index (χ4n) is 2.65. The molecule has 0 fully saturated rings. The van der Waals surface area contributed by atoms with Crippen LogP contribution in [0.2, 0.25) is 0 Å². The minimum absolute atomic E-state index is 0.103. The van der Waals surface area contributed by atoms with Crippen LogP contribution in [0.25, 0.3) is 6.08 Å². The minimum atomic E-state index is -0.103. The molecule has 1 amide bonds. The maximum atomic E-state index is 12.0. The molecule has 0 unspecified atom stereocenters. The Labute approximate surface area is 160 Å². The SMILES string of the molecule is Cc1ccc(C=CC(=O)NCc2ccc(N(C)c3ccncc3)cc2)cc1. The van der Waals surface area contributed by atoms with Gasteiger partial charge in [-0.05, 0) is 48.4 Å². The predicted molar refractivity (Wildman–Crippen MR) is 111 cm³/mol. The standard InChI is InChI=1S/C23H23N3O/c1-18-3-5-19(6-4-18)9-12-23(27)25-17-20-7-10-21(11-8-20)26(2)22-13-15-24-16-14-22/h3-16H,17H2,1-2H3,(H,25,27). The van der Waals surface area contributed by atoms with Gasteiger partial charge in [-0.1, -0.05) is 42.0 Å². The molecule has 1 N–H and O–H groups in total. The first-order chi connectivity index (χ1) is 13.1. The van der Waals surface area contributed by atoms with Gasteiger partial charge in [0.25, 0.3) is 0 Å². The lowest BCUT2D eigenvalue weighted by molar-refractivity contribution is -0.116. The minimum Gasteiger partial charge on any atom is -0.348 e. The van der Waals surface area contributed by atoms with Crippen LogP contribution in [0.4, 0.5) is 11.4 Å². The quantitative estimate of drug-likeness (QED) is 0.661. The normalized spacial score (nSPS) is 10.7. The second-order valence-corrected chi connectivity index (χ2v) is 6.39. The monoisotopic (exact) mass is 357 g/mol. The number of aryl methyl sites for hydroxylation is 1. The molecule has 4 heteroatoms. The highest BCUT2D eigenvalue weighted by atomic mass is 16.1. The third-order valence-electron chi connectivity index (χ3n) is 4.34. The molecule has 136 valence electrons. The molecule has 2 aromatic carbocycles. The van der Waals surface area contributed by atoms with E-state index in [0.717, 1.165) is 22.5 Å². The Morgan fingerprint density at radius 2 is 1.59 bits per heavy atom. The third-order valence-corrected chi connectivity index (χ3v) is 4.34. The van der Waals surface area contributed by atoms with Crippen LogP contribution < -0.4 is 10.2 Å². The highest BCUT2D eigenvalue weighted by Gasteiger charge is 2.04. The molecule has 0 aliphatic carbocycles. The van der Waals surface area contributed by atoms with Gasteiger partial charge in [0, 0.05) is 43.4 Å². The van der Waals surface area contributed by atoms with E-state index in [2.05, 4.69) is 15.2 Å². The van der Waals surface area contributed by atoms with Crippen LogP contribution in [0, 0.1) is 6.92 Å². The molecular weight excluding hydrogens is 334 g/mol. The lowest BCUT2D eigenvalue weighted by Crippen LogP contribution is -2.20. The predicted octanol–water partition coefficient (Wildman–Crippen LogP) is 4.49. The van der Waals surface area contributed by atoms with Gasteiger partial charge in [-0.2, -0.15) is 0 Å². The van der Waals surface area contributed by atoms with Crippen molar-refractivity contribution in [3.8, 4) is 0 Å². The summed E-state index contributed by atoms with van der Waals surface area (Å²) in [6.07, 6.45) is 6.94. The van der Waals surface area contributed by atoms with Crippen molar-refractivity contribution in [3.63, 3.8) is 0 Å². The first-order valence-electron chi connectivity index (χ1n) is 8.87. The van der Waals surface area contributed by atoms with E-state index < -0.39 is 0 Å². The van der Waals surface area contributed by atoms with Gasteiger partial charge >= 0.3 is 0 Å². The summed E-state index contributed by atoms with van der Waals surface area (Å²) in [7, 11) is 2.02. The molecule has 27 heavy (non-hydrogen) atoms. The van der Waals surface area contributed by atoms with Crippen molar-refractivity contribution in [2.45, 2.75) is 13.5 Å². The summed E-state index contributed by atoms with van der Waals surface area (Å²) in [4.78, 5) is 18.1. The Morgan fingerprint density at radius 1 is 0.963 bits per heavy atom. The lowest BCUT2D eigenvalue weighted by atomic mass is 10.1. The van der Waals surface area contributed by atoms with E-state index in [1.165, 1.54) is 5.56 Å². The number of rotatable bonds is 6. The van der Waals surface area contributed by atoms with E-state index in [1.807, 2.05) is 80.7 Å². The maximum absolute atomic E-state index is 12.0. The number of carbonyl (C=O) groups is 1. The summed E-state index contributed by atoms with van der Waals surface area (Å²) in [5.41, 5.74) is 5.43. The molecule has 0 spiro atoms. The summed E-state index contributed by atoms with van der Waals surface area (Å²) >= 11 is 0. The third kappa shape index (κ3) is 5.28. The molecule has 0 radical (unpaired) electrons. The van der Waals surface area contributed by atoms with Crippen LogP contribution in [0.3, 0.4) is 0 Å². The van der Waals surface area contributed by atoms with Gasteiger partial charge in [-0.25, -0.2) is 0 Å². The van der Waals surface area contributed by atoms with Crippen LogP contribution in [0.5, 0.6) is 0 Å². The van der Waals surface area contributed by atoms with E-state index in [9.17, 15) is 4.79 Å². The first kappa shape index (κ1) is 18.4. The Bertz CT molecular complexity index is 901. The van der Waals surface area contributed by atoms with Crippen LogP contribution in [0.15, 0.2) is 79.1 Å². The second-order valence-electron chi connectivity index (χ2n) is 6.39. The van der Waals surface area contributed by atoms with Crippen molar-refractivity contribution in [2.75, 3.05) is 11.9 Å². The van der Waals surface area contributed by atoms with Crippen molar-refractivity contribution < 1.29 is 4.79 Å². The fraction of sp³-hybridized carbons (Fsp3) is 0.130. The number of amides is 1. The van der Waals surface area contributed by atoms with Gasteiger partial charge in [-0.3, -0.25) is 9.78 Å². The molecule has 0 saturated carbocycles. The topological polar surface area (TPSA) is 45.2 Å². The lowest BCUT2D eigenvalue weighted by Gasteiger charge is -2.19. The zero-order valence-corrected chi connectivity index (χ0v) is 15.6. The number of benzene rings is 2. The highest BCUT2D eigenvalue weighted by Crippen LogP contribution is 2.22. The van der Waals surface area contributed by atoms with Crippen LogP contribution in [0.1, 0.15) is 16.7 Å². The van der Waals surface area contributed by atoms with Crippen molar-refractivity contribution >= 4 is 23.4 Å². The number of hydrogen-bond acceptors (Lipinski definition) is 3. The number of carbonyl (C=O) groups excluding carboxylic acids is 1. The van der Waals surface area contributed by atoms with E-state index in [4.69, 9.17) is 0 Å². The molecule has 1 aromatic heterocycles. The first-order valence-corrected chi connectivity index (χ1v) is 8.87. The summed E-state index contributed by atoms with van der Waals surface area (Å²) in [6, 6.07) is 20.1. The largest absolute Gasteiger partial charge is 0.348 e. The molecule has 0 saturated heterocycles. The van der Waals surface area contributed by atoms with Crippen LogP contribution >= 0.6 is 0 Å². The van der Waals surface area contributed by atoms with E-state index >= 15 is 0 Å². The molecular formula is C23H23N3O. The number of hydrogen-bond donors (Lipinski definition) is 1. The van der Waals surface area contributed by atoms with Gasteiger partial charge < -0.3 is 10.2 Å². The number of pyridine rings is 1. The Morgan fingerprint density at radius 3 is 2.26 bits per heavy atom. The van der Waals surface area contributed by atoms with Crippen molar-refractivity contribution in [2.24, 2.45) is 0 Å². The second kappa shape index (κ2) is 8.81. The van der Waals surface area contributed by atoms with Crippen LogP contribution in [-0.4, -0.2) is 17.9 Å². The Balaban J connectivity index is 1.54. The van der Waals surface area contributed by atoms with Crippen molar-refractivity contribution in [3.05, 3.63) is 95.8 Å². The zero-order chi connectivity index (χ0) is 19.1. The fourth-order valence-corrected chi connectivity index (χ4v) is 2.65. The Kier molecular flexibility index (Phi) is 6.00. The van der Waals surface area contributed by atoms with Gasteiger partial charge in [0.2, 0.25) is 5.91 Å². The Hall–Kier alpha value is -3.40. The average Bonchev–Trinajstić information content (AvgIpc) is 2.72. The summed E-state index contributed by atoms with van der Waals surface area (Å²) in [5, 5.41) is 2.91. The van der Waals surface area contributed by atoms with Crippen molar-refractivity contribution in [1.82, 2.24) is 10.3 Å². The van der Waals surface area contributed by atoms with Gasteiger partial charge in [-0.15, -0.1) is 0 Å². The van der Waals surface area contributed by atoms with Crippen molar-refractivity contribution in [1.29, 1.82) is 0 Å². The van der Waals surface area contributed by atoms with Crippen LogP contribution in [-0.2, 0) is 11.3 Å². The van der Waals surface area contributed by atoms with Gasteiger partial charge in [0.1, 0.15) is 0 Å². The summed E-state index contributed by atoms with van der Waals surface area (Å²) in [5.74, 6) is -0.103. The summed E-state index contributed by atoms with van der Waals surface area (Å²) in [6.45, 7) is 2.54. The number of nitrogens with zero attached hydrogens (tertiary/aromatic N) is 2. The average molecular weight is 357 g/mol. The molecule has 4 nitrogen and oxygen atoms in total. The van der Waals surface area contributed by atoms with E-state index in [-0.39, 0.29) is 5.91 Å². The molecule has 0 aliphatic rings. The highest BCUT2D eigenvalue weighted by molar-refractivity contribution is 5.91. The molecule has 0 aliphatic heterocycles. The zero-order valence-electron chi connectivity index (χ0n) is 15.6. The number of anilines is 2. The molecule has 0 bridgehead atoms. The number of nitrogens with one attached hydrogen (secondary N) is 1. The number of aromatic nitrogens is 1.